The molecule has 0 aliphatic carbocycles. The fourth-order valence-electron chi connectivity index (χ4n) is 2.28. The first-order valence-electron chi connectivity index (χ1n) is 6.55. The van der Waals surface area contributed by atoms with Crippen LogP contribution in [-0.4, -0.2) is 32.9 Å². The minimum absolute atomic E-state index is 0.192. The van der Waals surface area contributed by atoms with Crippen LogP contribution in [0.1, 0.15) is 25.8 Å². The van der Waals surface area contributed by atoms with Crippen molar-refractivity contribution in [2.75, 3.05) is 21.3 Å². The zero-order valence-electron chi connectivity index (χ0n) is 12.4. The second-order valence-corrected chi connectivity index (χ2v) is 5.79. The van der Waals surface area contributed by atoms with Gasteiger partial charge in [0.2, 0.25) is 0 Å². The van der Waals surface area contributed by atoms with E-state index in [9.17, 15) is 0 Å². The number of ether oxygens (including phenoxy) is 2. The van der Waals surface area contributed by atoms with E-state index in [1.165, 1.54) is 5.56 Å². The molecule has 2 atom stereocenters. The molecule has 0 heterocycles. The summed E-state index contributed by atoms with van der Waals surface area (Å²) in [7, 11) is 5.45. The standard InChI is InChI=1S/C15H24BrNO2/c1-6-15(2,19-5)14(17-3)10-11-9-12(16)7-8-13(11)18-4/h7-9,14,17H,6,10H2,1-5H3. The summed E-state index contributed by atoms with van der Waals surface area (Å²) in [5.41, 5.74) is 0.982. The van der Waals surface area contributed by atoms with Gasteiger partial charge in [-0.2, -0.15) is 0 Å². The van der Waals surface area contributed by atoms with E-state index in [4.69, 9.17) is 9.47 Å². The summed E-state index contributed by atoms with van der Waals surface area (Å²) in [6.07, 6.45) is 1.81. The lowest BCUT2D eigenvalue weighted by atomic mass is 9.88. The summed E-state index contributed by atoms with van der Waals surface area (Å²) in [6.45, 7) is 4.28. The Bertz CT molecular complexity index is 405. The lowest BCUT2D eigenvalue weighted by Gasteiger charge is -2.36. The largest absolute Gasteiger partial charge is 0.496 e. The highest BCUT2D eigenvalue weighted by Crippen LogP contribution is 2.28. The van der Waals surface area contributed by atoms with Crippen molar-refractivity contribution in [3.8, 4) is 5.75 Å². The average molecular weight is 330 g/mol. The molecule has 3 nitrogen and oxygen atoms in total. The van der Waals surface area contributed by atoms with Crippen molar-refractivity contribution in [3.05, 3.63) is 28.2 Å². The van der Waals surface area contributed by atoms with Gasteiger partial charge in [-0.05, 0) is 50.6 Å². The number of nitrogens with one attached hydrogen (secondary N) is 1. The fourth-order valence-corrected chi connectivity index (χ4v) is 2.69. The highest BCUT2D eigenvalue weighted by Gasteiger charge is 2.32. The van der Waals surface area contributed by atoms with Gasteiger partial charge in [0.1, 0.15) is 5.75 Å². The quantitative estimate of drug-likeness (QED) is 0.831. The van der Waals surface area contributed by atoms with Crippen LogP contribution in [0, 0.1) is 0 Å². The van der Waals surface area contributed by atoms with Gasteiger partial charge >= 0.3 is 0 Å². The van der Waals surface area contributed by atoms with Crippen molar-refractivity contribution in [3.63, 3.8) is 0 Å². The molecule has 0 aromatic heterocycles. The van der Waals surface area contributed by atoms with Crippen LogP contribution >= 0.6 is 15.9 Å². The van der Waals surface area contributed by atoms with Crippen molar-refractivity contribution >= 4 is 15.9 Å². The number of halogens is 1. The van der Waals surface area contributed by atoms with Gasteiger partial charge in [-0.3, -0.25) is 0 Å². The summed E-state index contributed by atoms with van der Waals surface area (Å²) in [5, 5.41) is 3.37. The number of methoxy groups -OCH3 is 2. The minimum Gasteiger partial charge on any atom is -0.496 e. The van der Waals surface area contributed by atoms with E-state index in [0.717, 1.165) is 23.1 Å². The molecular weight excluding hydrogens is 306 g/mol. The smallest absolute Gasteiger partial charge is 0.122 e. The monoisotopic (exact) mass is 329 g/mol. The highest BCUT2D eigenvalue weighted by atomic mass is 79.9. The molecule has 0 saturated carbocycles. The Morgan fingerprint density at radius 1 is 1.37 bits per heavy atom. The molecule has 2 unspecified atom stereocenters. The van der Waals surface area contributed by atoms with E-state index in [1.54, 1.807) is 14.2 Å². The summed E-state index contributed by atoms with van der Waals surface area (Å²) in [6, 6.07) is 6.31. The van der Waals surface area contributed by atoms with Gasteiger partial charge in [0.15, 0.2) is 0 Å². The molecule has 0 spiro atoms. The predicted molar refractivity (Wildman–Crippen MR) is 83.0 cm³/mol. The van der Waals surface area contributed by atoms with E-state index in [1.807, 2.05) is 19.2 Å². The Hall–Kier alpha value is -0.580. The zero-order valence-corrected chi connectivity index (χ0v) is 14.0. The second kappa shape index (κ2) is 7.27. The topological polar surface area (TPSA) is 30.5 Å². The Kier molecular flexibility index (Phi) is 6.30. The van der Waals surface area contributed by atoms with Crippen molar-refractivity contribution in [2.24, 2.45) is 0 Å². The Balaban J connectivity index is 3.01. The van der Waals surface area contributed by atoms with Crippen LogP contribution in [0.25, 0.3) is 0 Å². The second-order valence-electron chi connectivity index (χ2n) is 4.87. The highest BCUT2D eigenvalue weighted by molar-refractivity contribution is 9.10. The molecule has 0 saturated heterocycles. The SMILES string of the molecule is CCC(C)(OC)C(Cc1cc(Br)ccc1OC)NC. The van der Waals surface area contributed by atoms with Crippen LogP contribution in [0.15, 0.2) is 22.7 Å². The van der Waals surface area contributed by atoms with Crippen LogP contribution < -0.4 is 10.1 Å². The third-order valence-electron chi connectivity index (χ3n) is 3.92. The van der Waals surface area contributed by atoms with E-state index < -0.39 is 0 Å². The van der Waals surface area contributed by atoms with Crippen LogP contribution in [0.2, 0.25) is 0 Å². The van der Waals surface area contributed by atoms with Crippen LogP contribution in [0.3, 0.4) is 0 Å². The number of rotatable bonds is 7. The first-order valence-corrected chi connectivity index (χ1v) is 7.34. The minimum atomic E-state index is -0.192. The maximum atomic E-state index is 5.70. The van der Waals surface area contributed by atoms with Crippen molar-refractivity contribution < 1.29 is 9.47 Å². The van der Waals surface area contributed by atoms with Gasteiger partial charge < -0.3 is 14.8 Å². The predicted octanol–water partition coefficient (Wildman–Crippen LogP) is 3.40. The molecule has 1 N–H and O–H groups in total. The fraction of sp³-hybridized carbons (Fsp3) is 0.600. The van der Waals surface area contributed by atoms with Gasteiger partial charge in [-0.1, -0.05) is 22.9 Å². The third kappa shape index (κ3) is 3.94. The summed E-state index contributed by atoms with van der Waals surface area (Å²) >= 11 is 3.51. The summed E-state index contributed by atoms with van der Waals surface area (Å²) in [5.74, 6) is 0.915. The Morgan fingerprint density at radius 2 is 2.05 bits per heavy atom. The first kappa shape index (κ1) is 16.5. The third-order valence-corrected chi connectivity index (χ3v) is 4.41. The number of hydrogen-bond acceptors (Lipinski definition) is 3. The molecule has 0 aliphatic rings. The Morgan fingerprint density at radius 3 is 2.53 bits per heavy atom. The summed E-state index contributed by atoms with van der Waals surface area (Å²) < 4.78 is 12.2. The van der Waals surface area contributed by atoms with E-state index in [2.05, 4.69) is 41.2 Å². The van der Waals surface area contributed by atoms with Gasteiger partial charge in [-0.25, -0.2) is 0 Å². The number of hydrogen-bond donors (Lipinski definition) is 1. The van der Waals surface area contributed by atoms with Gasteiger partial charge in [-0.15, -0.1) is 0 Å². The maximum Gasteiger partial charge on any atom is 0.122 e. The molecular formula is C15H24BrNO2. The zero-order chi connectivity index (χ0) is 14.5. The lowest BCUT2D eigenvalue weighted by molar-refractivity contribution is -0.0269. The van der Waals surface area contributed by atoms with Crippen molar-refractivity contribution in [2.45, 2.75) is 38.3 Å². The van der Waals surface area contributed by atoms with E-state index in [-0.39, 0.29) is 11.6 Å². The van der Waals surface area contributed by atoms with Crippen LogP contribution in [0.4, 0.5) is 0 Å². The van der Waals surface area contributed by atoms with E-state index in [0.29, 0.717) is 0 Å². The normalized spacial score (nSPS) is 15.9. The molecule has 0 fully saturated rings. The molecule has 1 aromatic carbocycles. The molecule has 0 aliphatic heterocycles. The van der Waals surface area contributed by atoms with Crippen molar-refractivity contribution in [1.82, 2.24) is 5.32 Å². The molecule has 19 heavy (non-hydrogen) atoms. The molecule has 0 bridgehead atoms. The Labute approximate surface area is 124 Å². The molecule has 1 aromatic rings. The van der Waals surface area contributed by atoms with Crippen LogP contribution in [0.5, 0.6) is 5.75 Å². The lowest BCUT2D eigenvalue weighted by Crippen LogP contribution is -2.49. The van der Waals surface area contributed by atoms with Crippen LogP contribution in [-0.2, 0) is 11.2 Å². The maximum absolute atomic E-state index is 5.70. The molecule has 4 heteroatoms. The molecule has 108 valence electrons. The van der Waals surface area contributed by atoms with Gasteiger partial charge in [0, 0.05) is 17.6 Å². The molecule has 0 radical (unpaired) electrons. The average Bonchev–Trinajstić information content (AvgIpc) is 2.44. The number of likely N-dealkylation sites (N-methyl/N-ethyl adjacent to an activating group) is 1. The van der Waals surface area contributed by atoms with Gasteiger partial charge in [0.25, 0.3) is 0 Å². The molecule has 1 rings (SSSR count). The first-order chi connectivity index (χ1) is 9.00. The van der Waals surface area contributed by atoms with Crippen molar-refractivity contribution in [1.29, 1.82) is 0 Å². The van der Waals surface area contributed by atoms with E-state index >= 15 is 0 Å². The number of benzene rings is 1. The molecule has 0 amide bonds. The van der Waals surface area contributed by atoms with Gasteiger partial charge in [0.05, 0.1) is 12.7 Å². The summed E-state index contributed by atoms with van der Waals surface area (Å²) in [4.78, 5) is 0.